The van der Waals surface area contributed by atoms with Crippen LogP contribution in [0.3, 0.4) is 0 Å². The first-order chi connectivity index (χ1) is 12.9. The summed E-state index contributed by atoms with van der Waals surface area (Å²) < 4.78 is 41.5. The minimum atomic E-state index is -1.22. The molecule has 3 N–H and O–H groups in total. The number of hydrogen-bond donors (Lipinski definition) is 3. The first-order valence-corrected chi connectivity index (χ1v) is 7.89. The smallest absolute Gasteiger partial charge is 0.319 e. The third-order valence-corrected chi connectivity index (χ3v) is 4.15. The highest BCUT2D eigenvalue weighted by Gasteiger charge is 2.39. The van der Waals surface area contributed by atoms with Gasteiger partial charge in [-0.2, -0.15) is 5.26 Å². The number of nitrogens with one attached hydrogen (secondary N) is 3. The number of nitriles is 1. The molecule has 0 spiro atoms. The number of hydrogen-bond acceptors (Lipinski definition) is 3. The lowest BCUT2D eigenvalue weighted by Gasteiger charge is -2.20. The monoisotopic (exact) mass is 374 g/mol. The molecule has 0 aromatic heterocycles. The number of carbonyl (C=O) groups is 2. The van der Waals surface area contributed by atoms with Gasteiger partial charge < -0.3 is 16.0 Å². The maximum atomic E-state index is 14.3. The van der Waals surface area contributed by atoms with Gasteiger partial charge in [0, 0.05) is 23.7 Å². The summed E-state index contributed by atoms with van der Waals surface area (Å²) in [6, 6.07) is 6.30. The topological polar surface area (TPSA) is 94.0 Å². The maximum absolute atomic E-state index is 14.3. The standard InChI is InChI=1S/C18H13F3N4O2/c19-10-1-3-11(4-2-10)24-18(27)25-16-12(8-23-17(16)26)15-13(20)5-9(7-22)6-14(15)21/h1-6,12,16H,8H2,(H,23,26)(H2,24,25,27). The Labute approximate surface area is 152 Å². The summed E-state index contributed by atoms with van der Waals surface area (Å²) in [5, 5.41) is 16.0. The Balaban J connectivity index is 1.80. The quantitative estimate of drug-likeness (QED) is 0.770. The van der Waals surface area contributed by atoms with E-state index in [1.54, 1.807) is 6.07 Å². The molecule has 138 valence electrons. The first-order valence-electron chi connectivity index (χ1n) is 7.89. The van der Waals surface area contributed by atoms with Crippen LogP contribution in [0.15, 0.2) is 36.4 Å². The Morgan fingerprint density at radius 2 is 1.78 bits per heavy atom. The van der Waals surface area contributed by atoms with E-state index in [4.69, 9.17) is 5.26 Å². The second-order valence-corrected chi connectivity index (χ2v) is 5.90. The molecule has 0 radical (unpaired) electrons. The van der Waals surface area contributed by atoms with Gasteiger partial charge in [-0.05, 0) is 36.4 Å². The van der Waals surface area contributed by atoms with E-state index in [0.29, 0.717) is 0 Å². The molecule has 1 saturated heterocycles. The first kappa shape index (κ1) is 18.3. The van der Waals surface area contributed by atoms with Crippen molar-refractivity contribution in [2.75, 3.05) is 11.9 Å². The molecule has 6 nitrogen and oxygen atoms in total. The van der Waals surface area contributed by atoms with E-state index in [9.17, 15) is 22.8 Å². The van der Waals surface area contributed by atoms with E-state index in [1.807, 2.05) is 0 Å². The van der Waals surface area contributed by atoms with Gasteiger partial charge in [0.2, 0.25) is 5.91 Å². The summed E-state index contributed by atoms with van der Waals surface area (Å²) in [6.07, 6.45) is 0. The molecule has 2 aromatic rings. The lowest BCUT2D eigenvalue weighted by Crippen LogP contribution is -2.45. The average Bonchev–Trinajstić information content (AvgIpc) is 2.97. The molecular weight excluding hydrogens is 361 g/mol. The van der Waals surface area contributed by atoms with Crippen molar-refractivity contribution in [3.63, 3.8) is 0 Å². The van der Waals surface area contributed by atoms with Gasteiger partial charge in [-0.15, -0.1) is 0 Å². The fourth-order valence-electron chi connectivity index (χ4n) is 2.90. The number of amides is 3. The van der Waals surface area contributed by atoms with E-state index >= 15 is 0 Å². The summed E-state index contributed by atoms with van der Waals surface area (Å²) in [4.78, 5) is 24.2. The van der Waals surface area contributed by atoms with E-state index in [2.05, 4.69) is 16.0 Å². The number of nitrogens with zero attached hydrogens (tertiary/aromatic N) is 1. The molecule has 2 atom stereocenters. The number of urea groups is 1. The van der Waals surface area contributed by atoms with Crippen LogP contribution in [0.5, 0.6) is 0 Å². The Kier molecular flexibility index (Phi) is 4.98. The average molecular weight is 374 g/mol. The number of rotatable bonds is 3. The van der Waals surface area contributed by atoms with Gasteiger partial charge in [0.1, 0.15) is 23.5 Å². The maximum Gasteiger partial charge on any atom is 0.319 e. The van der Waals surface area contributed by atoms with Crippen molar-refractivity contribution >= 4 is 17.6 Å². The normalized spacial score (nSPS) is 18.5. The van der Waals surface area contributed by atoms with E-state index in [-0.39, 0.29) is 23.4 Å². The van der Waals surface area contributed by atoms with Crippen molar-refractivity contribution < 1.29 is 22.8 Å². The third-order valence-electron chi connectivity index (χ3n) is 4.15. The van der Waals surface area contributed by atoms with Gasteiger partial charge in [-0.3, -0.25) is 4.79 Å². The molecule has 9 heteroatoms. The van der Waals surface area contributed by atoms with Gasteiger partial charge >= 0.3 is 6.03 Å². The van der Waals surface area contributed by atoms with Gasteiger partial charge in [0.25, 0.3) is 0 Å². The number of benzene rings is 2. The molecule has 2 aromatic carbocycles. The Bertz CT molecular complexity index is 918. The third kappa shape index (κ3) is 3.84. The van der Waals surface area contributed by atoms with Crippen LogP contribution in [0.4, 0.5) is 23.7 Å². The molecule has 1 aliphatic heterocycles. The van der Waals surface area contributed by atoms with Gasteiger partial charge in [0.05, 0.1) is 11.6 Å². The number of carbonyl (C=O) groups excluding carboxylic acids is 2. The lowest BCUT2D eigenvalue weighted by atomic mass is 9.92. The summed E-state index contributed by atoms with van der Waals surface area (Å²) in [7, 11) is 0. The summed E-state index contributed by atoms with van der Waals surface area (Å²) >= 11 is 0. The molecule has 3 amide bonds. The SMILES string of the molecule is N#Cc1cc(F)c(C2CNC(=O)C2NC(=O)Nc2ccc(F)cc2)c(F)c1. The minimum absolute atomic E-state index is 0.0833. The second kappa shape index (κ2) is 7.37. The highest BCUT2D eigenvalue weighted by Crippen LogP contribution is 2.29. The summed E-state index contributed by atoms with van der Waals surface area (Å²) in [5.74, 6) is -4.03. The van der Waals surface area contributed by atoms with Crippen molar-refractivity contribution in [3.8, 4) is 6.07 Å². The largest absolute Gasteiger partial charge is 0.354 e. The van der Waals surface area contributed by atoms with Crippen LogP contribution in [-0.2, 0) is 4.79 Å². The zero-order valence-corrected chi connectivity index (χ0v) is 13.7. The molecule has 27 heavy (non-hydrogen) atoms. The summed E-state index contributed by atoms with van der Waals surface area (Å²) in [5.41, 5.74) is -0.302. The summed E-state index contributed by atoms with van der Waals surface area (Å²) in [6.45, 7) is -0.0833. The van der Waals surface area contributed by atoms with Crippen molar-refractivity contribution in [1.82, 2.24) is 10.6 Å². The van der Waals surface area contributed by atoms with Crippen molar-refractivity contribution in [3.05, 3.63) is 65.0 Å². The zero-order valence-electron chi connectivity index (χ0n) is 13.7. The van der Waals surface area contributed by atoms with Crippen molar-refractivity contribution in [2.24, 2.45) is 0 Å². The fraction of sp³-hybridized carbons (Fsp3) is 0.167. The van der Waals surface area contributed by atoms with Crippen LogP contribution in [0.2, 0.25) is 0 Å². The van der Waals surface area contributed by atoms with Crippen LogP contribution in [-0.4, -0.2) is 24.5 Å². The molecule has 1 fully saturated rings. The lowest BCUT2D eigenvalue weighted by molar-refractivity contribution is -0.120. The van der Waals surface area contributed by atoms with Crippen LogP contribution < -0.4 is 16.0 Å². The van der Waals surface area contributed by atoms with Gasteiger partial charge in [-0.25, -0.2) is 18.0 Å². The highest BCUT2D eigenvalue weighted by atomic mass is 19.1. The molecule has 0 bridgehead atoms. The van der Waals surface area contributed by atoms with Crippen LogP contribution >= 0.6 is 0 Å². The van der Waals surface area contributed by atoms with E-state index in [0.717, 1.165) is 24.3 Å². The van der Waals surface area contributed by atoms with Crippen LogP contribution in [0.1, 0.15) is 17.0 Å². The van der Waals surface area contributed by atoms with E-state index in [1.165, 1.54) is 12.1 Å². The van der Waals surface area contributed by atoms with Crippen LogP contribution in [0, 0.1) is 28.8 Å². The van der Waals surface area contributed by atoms with Gasteiger partial charge in [0.15, 0.2) is 0 Å². The highest BCUT2D eigenvalue weighted by molar-refractivity contribution is 5.95. The predicted molar refractivity (Wildman–Crippen MR) is 89.2 cm³/mol. The van der Waals surface area contributed by atoms with Gasteiger partial charge in [-0.1, -0.05) is 0 Å². The Morgan fingerprint density at radius 1 is 1.15 bits per heavy atom. The molecule has 3 rings (SSSR count). The van der Waals surface area contributed by atoms with Crippen molar-refractivity contribution in [2.45, 2.75) is 12.0 Å². The van der Waals surface area contributed by atoms with Crippen LogP contribution in [0.25, 0.3) is 0 Å². The molecule has 1 aliphatic rings. The van der Waals surface area contributed by atoms with E-state index < -0.39 is 41.3 Å². The predicted octanol–water partition coefficient (Wildman–Crippen LogP) is 2.38. The molecule has 2 unspecified atom stereocenters. The molecule has 1 heterocycles. The second-order valence-electron chi connectivity index (χ2n) is 5.90. The molecular formula is C18H13F3N4O2. The number of halogens is 3. The minimum Gasteiger partial charge on any atom is -0.354 e. The Morgan fingerprint density at radius 3 is 2.37 bits per heavy atom. The molecule has 0 aliphatic carbocycles. The van der Waals surface area contributed by atoms with Crippen molar-refractivity contribution in [1.29, 1.82) is 5.26 Å². The fourth-order valence-corrected chi connectivity index (χ4v) is 2.90. The number of anilines is 1. The Hall–Kier alpha value is -3.54. The molecule has 0 saturated carbocycles. The zero-order chi connectivity index (χ0) is 19.6.